The highest BCUT2D eigenvalue weighted by Gasteiger charge is 2.25. The molecule has 1 aliphatic rings. The third kappa shape index (κ3) is 5.42. The first kappa shape index (κ1) is 17.0. The lowest BCUT2D eigenvalue weighted by Gasteiger charge is -2.30. The normalized spacial score (nSPS) is 20.0. The Hall–Kier alpha value is -1.41. The van der Waals surface area contributed by atoms with Crippen LogP contribution in [0, 0.1) is 5.92 Å². The van der Waals surface area contributed by atoms with E-state index in [2.05, 4.69) is 10.4 Å². The predicted molar refractivity (Wildman–Crippen MR) is 83.6 cm³/mol. The molecule has 1 aromatic rings. The molecule has 1 atom stereocenters. The Kier molecular flexibility index (Phi) is 5.96. The van der Waals surface area contributed by atoms with E-state index in [4.69, 9.17) is 0 Å². The zero-order chi connectivity index (χ0) is 16.0. The average molecular weight is 328 g/mol. The summed E-state index contributed by atoms with van der Waals surface area (Å²) in [5.74, 6) is 0.224. The van der Waals surface area contributed by atoms with E-state index >= 15 is 0 Å². The molecular formula is C14H24N4O3S. The Morgan fingerprint density at radius 2 is 2.27 bits per heavy atom. The number of carbonyl (C=O) groups excluding carboxylic acids is 1. The zero-order valence-electron chi connectivity index (χ0n) is 12.9. The van der Waals surface area contributed by atoms with Crippen LogP contribution < -0.4 is 5.32 Å². The summed E-state index contributed by atoms with van der Waals surface area (Å²) in [6.45, 7) is 2.37. The number of aromatic nitrogens is 2. The largest absolute Gasteiger partial charge is 0.356 e. The highest BCUT2D eigenvalue weighted by molar-refractivity contribution is 7.88. The fourth-order valence-corrected chi connectivity index (χ4v) is 3.62. The molecule has 8 heteroatoms. The molecule has 124 valence electrons. The molecule has 0 aliphatic carbocycles. The fourth-order valence-electron chi connectivity index (χ4n) is 2.68. The van der Waals surface area contributed by atoms with E-state index in [0.717, 1.165) is 25.8 Å². The molecule has 2 heterocycles. The summed E-state index contributed by atoms with van der Waals surface area (Å²) in [6, 6.07) is 1.86. The van der Waals surface area contributed by atoms with Gasteiger partial charge in [-0.25, -0.2) is 12.7 Å². The average Bonchev–Trinajstić information content (AvgIpc) is 2.98. The van der Waals surface area contributed by atoms with Crippen molar-refractivity contribution < 1.29 is 13.2 Å². The lowest BCUT2D eigenvalue weighted by atomic mass is 10.00. The van der Waals surface area contributed by atoms with E-state index < -0.39 is 10.0 Å². The minimum absolute atomic E-state index is 0.0173. The first-order valence-corrected chi connectivity index (χ1v) is 9.49. The summed E-state index contributed by atoms with van der Waals surface area (Å²) in [7, 11) is -3.13. The number of nitrogens with one attached hydrogen (secondary N) is 1. The number of aryl methyl sites for hydroxylation is 1. The van der Waals surface area contributed by atoms with Crippen LogP contribution in [0.2, 0.25) is 0 Å². The van der Waals surface area contributed by atoms with Crippen LogP contribution >= 0.6 is 0 Å². The van der Waals surface area contributed by atoms with Crippen LogP contribution in [0.3, 0.4) is 0 Å². The topological polar surface area (TPSA) is 84.3 Å². The minimum Gasteiger partial charge on any atom is -0.356 e. The van der Waals surface area contributed by atoms with E-state index in [0.29, 0.717) is 26.1 Å². The van der Waals surface area contributed by atoms with Gasteiger partial charge in [-0.15, -0.1) is 0 Å². The molecule has 0 spiro atoms. The maximum Gasteiger partial charge on any atom is 0.220 e. The SMILES string of the molecule is CS(=O)(=O)N1CCC[C@H](CNC(=O)CCCn2cccn2)C1. The van der Waals surface area contributed by atoms with Gasteiger partial charge in [0.05, 0.1) is 6.26 Å². The maximum atomic E-state index is 11.8. The van der Waals surface area contributed by atoms with Gasteiger partial charge in [0.1, 0.15) is 0 Å². The van der Waals surface area contributed by atoms with Crippen molar-refractivity contribution in [3.8, 4) is 0 Å². The summed E-state index contributed by atoms with van der Waals surface area (Å²) in [5, 5.41) is 7.00. The fraction of sp³-hybridized carbons (Fsp3) is 0.714. The van der Waals surface area contributed by atoms with Crippen molar-refractivity contribution in [2.24, 2.45) is 5.92 Å². The van der Waals surface area contributed by atoms with Gasteiger partial charge in [-0.3, -0.25) is 9.48 Å². The highest BCUT2D eigenvalue weighted by Crippen LogP contribution is 2.17. The number of hydrogen-bond donors (Lipinski definition) is 1. The number of rotatable bonds is 7. The van der Waals surface area contributed by atoms with Crippen molar-refractivity contribution in [3.05, 3.63) is 18.5 Å². The number of nitrogens with zero attached hydrogens (tertiary/aromatic N) is 3. The number of sulfonamides is 1. The first-order valence-electron chi connectivity index (χ1n) is 7.64. The van der Waals surface area contributed by atoms with Crippen LogP contribution in [0.15, 0.2) is 18.5 Å². The van der Waals surface area contributed by atoms with Gasteiger partial charge >= 0.3 is 0 Å². The molecule has 1 N–H and O–H groups in total. The number of carbonyl (C=O) groups is 1. The minimum atomic E-state index is -3.13. The molecule has 1 aliphatic heterocycles. The van der Waals surface area contributed by atoms with Gasteiger partial charge in [0, 0.05) is 45.0 Å². The summed E-state index contributed by atoms with van der Waals surface area (Å²) in [6.07, 6.45) is 7.85. The molecule has 0 unspecified atom stereocenters. The van der Waals surface area contributed by atoms with Crippen LogP contribution in [-0.2, 0) is 21.4 Å². The third-order valence-electron chi connectivity index (χ3n) is 3.89. The van der Waals surface area contributed by atoms with Gasteiger partial charge in [-0.2, -0.15) is 5.10 Å². The van der Waals surface area contributed by atoms with Gasteiger partial charge in [0.25, 0.3) is 0 Å². The molecule has 0 bridgehead atoms. The molecule has 2 rings (SSSR count). The lowest BCUT2D eigenvalue weighted by molar-refractivity contribution is -0.121. The second-order valence-corrected chi connectivity index (χ2v) is 7.79. The number of amides is 1. The summed E-state index contributed by atoms with van der Waals surface area (Å²) in [4.78, 5) is 11.8. The van der Waals surface area contributed by atoms with Gasteiger partial charge in [0.15, 0.2) is 0 Å². The van der Waals surface area contributed by atoms with Crippen molar-refractivity contribution in [2.75, 3.05) is 25.9 Å². The Morgan fingerprint density at radius 3 is 2.95 bits per heavy atom. The first-order chi connectivity index (χ1) is 10.4. The Labute approximate surface area is 131 Å². The maximum absolute atomic E-state index is 11.8. The summed E-state index contributed by atoms with van der Waals surface area (Å²) in [5.41, 5.74) is 0. The van der Waals surface area contributed by atoms with E-state index in [-0.39, 0.29) is 11.8 Å². The van der Waals surface area contributed by atoms with Crippen molar-refractivity contribution in [3.63, 3.8) is 0 Å². The quantitative estimate of drug-likeness (QED) is 0.788. The van der Waals surface area contributed by atoms with E-state index in [1.807, 2.05) is 12.3 Å². The number of piperidine rings is 1. The van der Waals surface area contributed by atoms with E-state index in [1.54, 1.807) is 10.9 Å². The molecule has 0 saturated carbocycles. The molecule has 7 nitrogen and oxygen atoms in total. The highest BCUT2D eigenvalue weighted by atomic mass is 32.2. The molecular weight excluding hydrogens is 304 g/mol. The monoisotopic (exact) mass is 328 g/mol. The predicted octanol–water partition coefficient (Wildman–Crippen LogP) is 0.451. The molecule has 22 heavy (non-hydrogen) atoms. The van der Waals surface area contributed by atoms with Gasteiger partial charge < -0.3 is 5.32 Å². The van der Waals surface area contributed by atoms with Crippen molar-refractivity contribution in [1.82, 2.24) is 19.4 Å². The van der Waals surface area contributed by atoms with E-state index in [1.165, 1.54) is 10.6 Å². The molecule has 1 amide bonds. The van der Waals surface area contributed by atoms with Crippen LogP contribution in [0.5, 0.6) is 0 Å². The molecule has 0 radical (unpaired) electrons. The Balaban J connectivity index is 1.65. The Bertz CT molecular complexity index is 571. The summed E-state index contributed by atoms with van der Waals surface area (Å²) < 4.78 is 26.4. The smallest absolute Gasteiger partial charge is 0.220 e. The van der Waals surface area contributed by atoms with Crippen molar-refractivity contribution in [2.45, 2.75) is 32.2 Å². The summed E-state index contributed by atoms with van der Waals surface area (Å²) >= 11 is 0. The van der Waals surface area contributed by atoms with Crippen LogP contribution in [0.4, 0.5) is 0 Å². The number of hydrogen-bond acceptors (Lipinski definition) is 4. The van der Waals surface area contributed by atoms with E-state index in [9.17, 15) is 13.2 Å². The second-order valence-electron chi connectivity index (χ2n) is 5.81. The van der Waals surface area contributed by atoms with Crippen LogP contribution in [0.1, 0.15) is 25.7 Å². The van der Waals surface area contributed by atoms with Gasteiger partial charge in [-0.1, -0.05) is 0 Å². The van der Waals surface area contributed by atoms with Crippen molar-refractivity contribution in [1.29, 1.82) is 0 Å². The zero-order valence-corrected chi connectivity index (χ0v) is 13.8. The van der Waals surface area contributed by atoms with Gasteiger partial charge in [-0.05, 0) is 31.2 Å². The van der Waals surface area contributed by atoms with Gasteiger partial charge in [0.2, 0.25) is 15.9 Å². The molecule has 1 fully saturated rings. The Morgan fingerprint density at radius 1 is 1.45 bits per heavy atom. The molecule has 1 aromatic heterocycles. The van der Waals surface area contributed by atoms with Crippen molar-refractivity contribution >= 4 is 15.9 Å². The third-order valence-corrected chi connectivity index (χ3v) is 5.16. The molecule has 0 aromatic carbocycles. The second kappa shape index (κ2) is 7.73. The molecule has 1 saturated heterocycles. The van der Waals surface area contributed by atoms with Crippen LogP contribution in [-0.4, -0.2) is 54.3 Å². The van der Waals surface area contributed by atoms with Crippen LogP contribution in [0.25, 0.3) is 0 Å². The lowest BCUT2D eigenvalue weighted by Crippen LogP contribution is -2.43. The standard InChI is InChI=1S/C14H24N4O3S/c1-22(20,21)18-10-2-5-13(12-18)11-15-14(19)6-3-8-17-9-4-7-16-17/h4,7,9,13H,2-3,5-6,8,10-12H2,1H3,(H,15,19)/t13-/m1/s1.